The Morgan fingerprint density at radius 2 is 2.10 bits per heavy atom. The molecule has 0 amide bonds. The van der Waals surface area contributed by atoms with Crippen LogP contribution in [0.1, 0.15) is 18.5 Å². The van der Waals surface area contributed by atoms with E-state index in [0.29, 0.717) is 11.5 Å². The number of aryl methyl sites for hydroxylation is 1. The highest BCUT2D eigenvalue weighted by Crippen LogP contribution is 2.28. The van der Waals surface area contributed by atoms with Crippen LogP contribution in [-0.4, -0.2) is 40.6 Å². The molecule has 2 N–H and O–H groups in total. The van der Waals surface area contributed by atoms with Gasteiger partial charge < -0.3 is 5.73 Å². The average Bonchev–Trinajstić information content (AvgIpc) is 2.75. The fraction of sp³-hybridized carbons (Fsp3) is 0.417. The average molecular weight is 295 g/mol. The van der Waals surface area contributed by atoms with E-state index >= 15 is 0 Å². The van der Waals surface area contributed by atoms with E-state index in [1.807, 2.05) is 19.1 Å². The molecule has 0 saturated heterocycles. The van der Waals surface area contributed by atoms with Crippen molar-refractivity contribution in [3.05, 3.63) is 23.8 Å². The summed E-state index contributed by atoms with van der Waals surface area (Å²) in [5.74, 6) is 0.452. The maximum Gasteiger partial charge on any atom is 0.184 e. The highest BCUT2D eigenvalue weighted by atomic mass is 32.2. The minimum Gasteiger partial charge on any atom is -0.398 e. The standard InChI is InChI=1S/C12H17N5O2S/c1-8-5-4-6-10(13)11(8)12-14-15-16-17(12)9(2)7-20(3,18)19/h4-6,9H,7,13H2,1-3H3. The molecule has 0 spiro atoms. The van der Waals surface area contributed by atoms with E-state index in [1.54, 1.807) is 13.0 Å². The molecular formula is C12H17N5O2S. The van der Waals surface area contributed by atoms with Crippen LogP contribution in [0.5, 0.6) is 0 Å². The van der Waals surface area contributed by atoms with E-state index in [9.17, 15) is 8.42 Å². The Hall–Kier alpha value is -1.96. The number of rotatable bonds is 4. The summed E-state index contributed by atoms with van der Waals surface area (Å²) in [6.07, 6.45) is 1.19. The topological polar surface area (TPSA) is 104 Å². The van der Waals surface area contributed by atoms with Gasteiger partial charge in [0.1, 0.15) is 9.84 Å². The first-order valence-corrected chi connectivity index (χ1v) is 8.16. The molecule has 0 aliphatic carbocycles. The molecule has 0 fully saturated rings. The van der Waals surface area contributed by atoms with Gasteiger partial charge in [0.2, 0.25) is 0 Å². The zero-order chi connectivity index (χ0) is 14.9. The van der Waals surface area contributed by atoms with E-state index in [2.05, 4.69) is 15.5 Å². The van der Waals surface area contributed by atoms with E-state index in [4.69, 9.17) is 5.73 Å². The summed E-state index contributed by atoms with van der Waals surface area (Å²) < 4.78 is 24.3. The number of hydrogen-bond donors (Lipinski definition) is 1. The largest absolute Gasteiger partial charge is 0.398 e. The second-order valence-corrected chi connectivity index (χ2v) is 7.11. The molecule has 0 aliphatic rings. The van der Waals surface area contributed by atoms with Gasteiger partial charge in [-0.2, -0.15) is 0 Å². The second kappa shape index (κ2) is 5.20. The second-order valence-electron chi connectivity index (χ2n) is 4.93. The van der Waals surface area contributed by atoms with Crippen molar-refractivity contribution in [2.24, 2.45) is 0 Å². The third-order valence-corrected chi connectivity index (χ3v) is 4.07. The van der Waals surface area contributed by atoms with Gasteiger partial charge in [0, 0.05) is 17.5 Å². The summed E-state index contributed by atoms with van der Waals surface area (Å²) in [6.45, 7) is 3.67. The highest BCUT2D eigenvalue weighted by Gasteiger charge is 2.20. The molecule has 2 rings (SSSR count). The summed E-state index contributed by atoms with van der Waals surface area (Å²) in [4.78, 5) is 0. The van der Waals surface area contributed by atoms with Crippen LogP contribution in [0.15, 0.2) is 18.2 Å². The fourth-order valence-electron chi connectivity index (χ4n) is 2.16. The van der Waals surface area contributed by atoms with Crippen LogP contribution in [-0.2, 0) is 9.84 Å². The van der Waals surface area contributed by atoms with Crippen LogP contribution in [0.4, 0.5) is 5.69 Å². The Morgan fingerprint density at radius 1 is 1.40 bits per heavy atom. The third-order valence-electron chi connectivity index (χ3n) is 2.98. The van der Waals surface area contributed by atoms with Crippen molar-refractivity contribution in [1.82, 2.24) is 20.2 Å². The Bertz CT molecular complexity index is 703. The van der Waals surface area contributed by atoms with Gasteiger partial charge in [-0.25, -0.2) is 13.1 Å². The fourth-order valence-corrected chi connectivity index (χ4v) is 3.18. The van der Waals surface area contributed by atoms with Crippen molar-refractivity contribution in [3.63, 3.8) is 0 Å². The predicted molar refractivity (Wildman–Crippen MR) is 76.8 cm³/mol. The third kappa shape index (κ3) is 2.96. The Labute approximate surface area is 117 Å². The van der Waals surface area contributed by atoms with Gasteiger partial charge in [-0.3, -0.25) is 0 Å². The maximum atomic E-state index is 11.4. The lowest BCUT2D eigenvalue weighted by atomic mass is 10.1. The molecule has 1 heterocycles. The highest BCUT2D eigenvalue weighted by molar-refractivity contribution is 7.90. The van der Waals surface area contributed by atoms with Crippen molar-refractivity contribution < 1.29 is 8.42 Å². The predicted octanol–water partition coefficient (Wildman–Crippen LogP) is 0.836. The number of tetrazole rings is 1. The summed E-state index contributed by atoms with van der Waals surface area (Å²) in [6, 6.07) is 5.16. The van der Waals surface area contributed by atoms with Crippen molar-refractivity contribution >= 4 is 15.5 Å². The Kier molecular flexibility index (Phi) is 3.76. The molecule has 1 aromatic heterocycles. The summed E-state index contributed by atoms with van der Waals surface area (Å²) in [7, 11) is -3.12. The van der Waals surface area contributed by atoms with Crippen LogP contribution in [0, 0.1) is 6.92 Å². The molecule has 7 nitrogen and oxygen atoms in total. The summed E-state index contributed by atoms with van der Waals surface area (Å²) in [5, 5.41) is 11.5. The first-order valence-electron chi connectivity index (χ1n) is 6.10. The zero-order valence-electron chi connectivity index (χ0n) is 11.6. The van der Waals surface area contributed by atoms with Crippen LogP contribution < -0.4 is 5.73 Å². The van der Waals surface area contributed by atoms with Gasteiger partial charge in [-0.1, -0.05) is 12.1 Å². The Morgan fingerprint density at radius 3 is 2.70 bits per heavy atom. The van der Waals surface area contributed by atoms with E-state index < -0.39 is 9.84 Å². The van der Waals surface area contributed by atoms with Crippen molar-refractivity contribution in [2.45, 2.75) is 19.9 Å². The molecule has 1 atom stereocenters. The minimum absolute atomic E-state index is 0.0309. The number of anilines is 1. The monoisotopic (exact) mass is 295 g/mol. The molecule has 1 aromatic carbocycles. The van der Waals surface area contributed by atoms with E-state index in [-0.39, 0.29) is 11.8 Å². The molecule has 2 aromatic rings. The van der Waals surface area contributed by atoms with Gasteiger partial charge in [-0.05, 0) is 35.9 Å². The lowest BCUT2D eigenvalue weighted by Crippen LogP contribution is -2.19. The van der Waals surface area contributed by atoms with Gasteiger partial charge in [0.25, 0.3) is 0 Å². The number of nitrogens with zero attached hydrogens (tertiary/aromatic N) is 4. The molecule has 0 radical (unpaired) electrons. The van der Waals surface area contributed by atoms with Crippen LogP contribution in [0.2, 0.25) is 0 Å². The molecule has 108 valence electrons. The number of hydrogen-bond acceptors (Lipinski definition) is 6. The van der Waals surface area contributed by atoms with Gasteiger partial charge in [-0.15, -0.1) is 5.10 Å². The van der Waals surface area contributed by atoms with Crippen molar-refractivity contribution in [2.75, 3.05) is 17.7 Å². The lowest BCUT2D eigenvalue weighted by Gasteiger charge is -2.14. The number of sulfone groups is 1. The molecule has 8 heteroatoms. The number of nitrogens with two attached hydrogens (primary N) is 1. The smallest absolute Gasteiger partial charge is 0.184 e. The first-order chi connectivity index (χ1) is 9.29. The SMILES string of the molecule is Cc1cccc(N)c1-c1nnnn1C(C)CS(C)(=O)=O. The summed E-state index contributed by atoms with van der Waals surface area (Å²) in [5.41, 5.74) is 8.22. The van der Waals surface area contributed by atoms with E-state index in [1.165, 1.54) is 10.9 Å². The van der Waals surface area contributed by atoms with E-state index in [0.717, 1.165) is 11.1 Å². The molecule has 20 heavy (non-hydrogen) atoms. The zero-order valence-corrected chi connectivity index (χ0v) is 12.4. The minimum atomic E-state index is -3.12. The van der Waals surface area contributed by atoms with Crippen LogP contribution >= 0.6 is 0 Å². The number of nitrogen functional groups attached to an aromatic ring is 1. The van der Waals surface area contributed by atoms with Crippen molar-refractivity contribution in [1.29, 1.82) is 0 Å². The van der Waals surface area contributed by atoms with Gasteiger partial charge in [0.15, 0.2) is 5.82 Å². The summed E-state index contributed by atoms with van der Waals surface area (Å²) >= 11 is 0. The molecule has 0 saturated carbocycles. The lowest BCUT2D eigenvalue weighted by molar-refractivity contribution is 0.509. The normalized spacial score (nSPS) is 13.3. The quantitative estimate of drug-likeness (QED) is 0.838. The van der Waals surface area contributed by atoms with Crippen LogP contribution in [0.3, 0.4) is 0 Å². The molecule has 0 aliphatic heterocycles. The van der Waals surface area contributed by atoms with Gasteiger partial charge in [0.05, 0.1) is 11.8 Å². The maximum absolute atomic E-state index is 11.4. The first kappa shape index (κ1) is 14.4. The van der Waals surface area contributed by atoms with Crippen LogP contribution in [0.25, 0.3) is 11.4 Å². The molecular weight excluding hydrogens is 278 g/mol. The Balaban J connectivity index is 2.48. The van der Waals surface area contributed by atoms with Gasteiger partial charge >= 0.3 is 0 Å². The molecule has 0 bridgehead atoms. The molecule has 1 unspecified atom stereocenters. The number of aromatic nitrogens is 4. The van der Waals surface area contributed by atoms with Crippen molar-refractivity contribution in [3.8, 4) is 11.4 Å². The number of benzene rings is 1.